The van der Waals surface area contributed by atoms with E-state index in [0.717, 1.165) is 31.7 Å². The summed E-state index contributed by atoms with van der Waals surface area (Å²) in [6.07, 6.45) is 5.99. The molecule has 96 valence electrons. The van der Waals surface area contributed by atoms with Gasteiger partial charge in [-0.1, -0.05) is 26.7 Å². The maximum absolute atomic E-state index is 10.5. The van der Waals surface area contributed by atoms with Crippen LogP contribution in [-0.2, 0) is 0 Å². The van der Waals surface area contributed by atoms with E-state index in [1.807, 2.05) is 6.92 Å². The van der Waals surface area contributed by atoms with E-state index in [-0.39, 0.29) is 6.04 Å². The molecule has 0 aromatic rings. The highest BCUT2D eigenvalue weighted by Crippen LogP contribution is 2.32. The summed E-state index contributed by atoms with van der Waals surface area (Å²) in [4.78, 5) is 2.45. The highest BCUT2D eigenvalue weighted by molar-refractivity contribution is 4.88. The Hall–Kier alpha value is -0.0800. The van der Waals surface area contributed by atoms with Crippen LogP contribution in [0, 0.1) is 5.92 Å². The van der Waals surface area contributed by atoms with Crippen LogP contribution >= 0.6 is 0 Å². The molecule has 1 aliphatic rings. The van der Waals surface area contributed by atoms with Crippen molar-refractivity contribution in [2.75, 3.05) is 13.1 Å². The van der Waals surface area contributed by atoms with Gasteiger partial charge in [-0.3, -0.25) is 4.90 Å². The minimum atomic E-state index is -0.527. The molecule has 1 rings (SSSR count). The molecule has 1 aliphatic carbocycles. The maximum atomic E-state index is 10.5. The smallest absolute Gasteiger partial charge is 0.0771 e. The molecule has 1 N–H and O–H groups in total. The molecule has 2 atom stereocenters. The van der Waals surface area contributed by atoms with Crippen molar-refractivity contribution in [3.63, 3.8) is 0 Å². The summed E-state index contributed by atoms with van der Waals surface area (Å²) in [5.41, 5.74) is -0.527. The molecule has 0 bridgehead atoms. The van der Waals surface area contributed by atoms with Crippen LogP contribution in [0.5, 0.6) is 0 Å². The van der Waals surface area contributed by atoms with Crippen LogP contribution in [0.2, 0.25) is 0 Å². The molecule has 0 aliphatic heterocycles. The van der Waals surface area contributed by atoms with Crippen molar-refractivity contribution in [3.8, 4) is 0 Å². The predicted octanol–water partition coefficient (Wildman–Crippen LogP) is 3.05. The molecular weight excluding hydrogens is 198 g/mol. The van der Waals surface area contributed by atoms with Crippen LogP contribution in [0.4, 0.5) is 0 Å². The van der Waals surface area contributed by atoms with Crippen LogP contribution in [0.25, 0.3) is 0 Å². The molecule has 0 radical (unpaired) electrons. The van der Waals surface area contributed by atoms with Crippen molar-refractivity contribution in [2.45, 2.75) is 71.4 Å². The van der Waals surface area contributed by atoms with E-state index in [1.165, 1.54) is 19.4 Å². The number of nitrogens with zero attached hydrogens (tertiary/aromatic N) is 1. The van der Waals surface area contributed by atoms with Gasteiger partial charge in [0.05, 0.1) is 5.60 Å². The zero-order valence-corrected chi connectivity index (χ0v) is 11.5. The van der Waals surface area contributed by atoms with Crippen LogP contribution in [0.1, 0.15) is 59.8 Å². The maximum Gasteiger partial charge on any atom is 0.0771 e. The summed E-state index contributed by atoms with van der Waals surface area (Å²) in [5.74, 6) is 0.907. The number of unbranched alkanes of at least 4 members (excludes halogenated alkanes) is 1. The minimum absolute atomic E-state index is 0.282. The number of hydrogen-bond donors (Lipinski definition) is 1. The number of likely N-dealkylation sites (N-methyl/N-ethyl adjacent to an activating group) is 1. The first-order chi connectivity index (χ1) is 7.51. The highest BCUT2D eigenvalue weighted by Gasteiger charge is 2.34. The van der Waals surface area contributed by atoms with Crippen molar-refractivity contribution in [2.24, 2.45) is 5.92 Å². The first-order valence-corrected chi connectivity index (χ1v) is 6.97. The Kier molecular flexibility index (Phi) is 5.26. The third kappa shape index (κ3) is 4.06. The Labute approximate surface area is 101 Å². The minimum Gasteiger partial charge on any atom is -0.389 e. The molecule has 1 saturated carbocycles. The summed E-state index contributed by atoms with van der Waals surface area (Å²) in [5, 5.41) is 10.5. The number of hydrogen-bond acceptors (Lipinski definition) is 2. The van der Waals surface area contributed by atoms with Crippen LogP contribution in [0.3, 0.4) is 0 Å². The molecule has 0 heterocycles. The normalized spacial score (nSPS) is 22.1. The summed E-state index contributed by atoms with van der Waals surface area (Å²) in [6, 6.07) is 0.282. The fourth-order valence-electron chi connectivity index (χ4n) is 2.33. The lowest BCUT2D eigenvalue weighted by molar-refractivity contribution is -0.0339. The predicted molar refractivity (Wildman–Crippen MR) is 69.6 cm³/mol. The summed E-state index contributed by atoms with van der Waals surface area (Å²) < 4.78 is 0. The van der Waals surface area contributed by atoms with E-state index in [1.54, 1.807) is 0 Å². The van der Waals surface area contributed by atoms with Gasteiger partial charge in [0.2, 0.25) is 0 Å². The standard InChI is InChI=1S/C14H29NO/c1-5-7-10-14(4,16)12(3)15(6-2)11-13-8-9-13/h12-13,16H,5-11H2,1-4H3. The van der Waals surface area contributed by atoms with Crippen molar-refractivity contribution < 1.29 is 5.11 Å². The monoisotopic (exact) mass is 227 g/mol. The second kappa shape index (κ2) is 6.02. The summed E-state index contributed by atoms with van der Waals surface area (Å²) in [6.45, 7) is 10.8. The molecule has 0 amide bonds. The van der Waals surface area contributed by atoms with Crippen molar-refractivity contribution in [1.29, 1.82) is 0 Å². The van der Waals surface area contributed by atoms with E-state index >= 15 is 0 Å². The second-order valence-corrected chi connectivity index (χ2v) is 5.67. The lowest BCUT2D eigenvalue weighted by Gasteiger charge is -2.38. The molecule has 2 nitrogen and oxygen atoms in total. The highest BCUT2D eigenvalue weighted by atomic mass is 16.3. The molecule has 0 aromatic carbocycles. The van der Waals surface area contributed by atoms with Gasteiger partial charge in [-0.05, 0) is 45.6 Å². The average molecular weight is 227 g/mol. The van der Waals surface area contributed by atoms with Gasteiger partial charge in [-0.25, -0.2) is 0 Å². The molecule has 2 unspecified atom stereocenters. The Morgan fingerprint density at radius 2 is 2.00 bits per heavy atom. The SMILES string of the molecule is CCCCC(C)(O)C(C)N(CC)CC1CC1. The molecule has 2 heteroatoms. The van der Waals surface area contributed by atoms with E-state index < -0.39 is 5.60 Å². The number of rotatable bonds is 8. The van der Waals surface area contributed by atoms with Gasteiger partial charge in [-0.15, -0.1) is 0 Å². The lowest BCUT2D eigenvalue weighted by atomic mass is 9.90. The molecule has 16 heavy (non-hydrogen) atoms. The summed E-state index contributed by atoms with van der Waals surface area (Å²) in [7, 11) is 0. The number of aliphatic hydroxyl groups is 1. The van der Waals surface area contributed by atoms with Crippen molar-refractivity contribution >= 4 is 0 Å². The Morgan fingerprint density at radius 3 is 2.44 bits per heavy atom. The topological polar surface area (TPSA) is 23.5 Å². The fourth-order valence-corrected chi connectivity index (χ4v) is 2.33. The quantitative estimate of drug-likeness (QED) is 0.689. The van der Waals surface area contributed by atoms with Gasteiger partial charge in [0.15, 0.2) is 0 Å². The van der Waals surface area contributed by atoms with E-state index in [2.05, 4.69) is 25.7 Å². The van der Waals surface area contributed by atoms with E-state index in [4.69, 9.17) is 0 Å². The lowest BCUT2D eigenvalue weighted by Crippen LogP contribution is -2.50. The fraction of sp³-hybridized carbons (Fsp3) is 1.00. The first-order valence-electron chi connectivity index (χ1n) is 6.97. The largest absolute Gasteiger partial charge is 0.389 e. The van der Waals surface area contributed by atoms with Crippen LogP contribution < -0.4 is 0 Å². The van der Waals surface area contributed by atoms with E-state index in [0.29, 0.717) is 0 Å². The zero-order chi connectivity index (χ0) is 12.2. The second-order valence-electron chi connectivity index (χ2n) is 5.67. The molecular formula is C14H29NO. The van der Waals surface area contributed by atoms with Crippen molar-refractivity contribution in [1.82, 2.24) is 4.90 Å². The third-order valence-corrected chi connectivity index (χ3v) is 4.08. The molecule has 1 fully saturated rings. The van der Waals surface area contributed by atoms with Crippen molar-refractivity contribution in [3.05, 3.63) is 0 Å². The Bertz CT molecular complexity index is 199. The van der Waals surface area contributed by atoms with Gasteiger partial charge in [0.1, 0.15) is 0 Å². The first kappa shape index (κ1) is 14.0. The van der Waals surface area contributed by atoms with Gasteiger partial charge < -0.3 is 5.11 Å². The average Bonchev–Trinajstić information content (AvgIpc) is 3.06. The van der Waals surface area contributed by atoms with Crippen LogP contribution in [-0.4, -0.2) is 34.7 Å². The molecule has 0 saturated heterocycles. The third-order valence-electron chi connectivity index (χ3n) is 4.08. The van der Waals surface area contributed by atoms with E-state index in [9.17, 15) is 5.11 Å². The Balaban J connectivity index is 2.46. The van der Waals surface area contributed by atoms with Crippen LogP contribution in [0.15, 0.2) is 0 Å². The molecule has 0 spiro atoms. The van der Waals surface area contributed by atoms with Gasteiger partial charge in [0.25, 0.3) is 0 Å². The van der Waals surface area contributed by atoms with Gasteiger partial charge >= 0.3 is 0 Å². The zero-order valence-electron chi connectivity index (χ0n) is 11.5. The molecule has 0 aromatic heterocycles. The van der Waals surface area contributed by atoms with Gasteiger partial charge in [-0.2, -0.15) is 0 Å². The Morgan fingerprint density at radius 1 is 1.38 bits per heavy atom. The van der Waals surface area contributed by atoms with Gasteiger partial charge in [0, 0.05) is 12.6 Å². The summed E-state index contributed by atoms with van der Waals surface area (Å²) >= 11 is 0.